The Labute approximate surface area is 206 Å². The van der Waals surface area contributed by atoms with Crippen molar-refractivity contribution in [1.29, 1.82) is 0 Å². The van der Waals surface area contributed by atoms with Crippen molar-refractivity contribution in [3.63, 3.8) is 0 Å². The molecule has 2 aromatic carbocycles. The Balaban J connectivity index is 1.56. The van der Waals surface area contributed by atoms with Crippen molar-refractivity contribution in [3.8, 4) is 11.5 Å². The normalized spacial score (nSPS) is 23.8. The Morgan fingerprint density at radius 1 is 1.09 bits per heavy atom. The van der Waals surface area contributed by atoms with E-state index >= 15 is 0 Å². The second-order valence-corrected chi connectivity index (χ2v) is 9.46. The third kappa shape index (κ3) is 5.53. The topological polar surface area (TPSA) is 100 Å². The number of carbonyl (C=O) groups excluding carboxylic acids is 1. The SMILES string of the molecule is COc1ccc([C@@]23CC[C@@H](NC(=O)NCCC(=O)O)C[C@@H]2N(Cc2ccccc2)CC3)cc1OC. The first-order valence-corrected chi connectivity index (χ1v) is 12.2. The van der Waals surface area contributed by atoms with Crippen LogP contribution in [-0.4, -0.2) is 61.4 Å². The minimum atomic E-state index is -0.926. The summed E-state index contributed by atoms with van der Waals surface area (Å²) in [4.78, 5) is 25.7. The summed E-state index contributed by atoms with van der Waals surface area (Å²) in [5, 5.41) is 14.6. The van der Waals surface area contributed by atoms with Gasteiger partial charge in [-0.25, -0.2) is 4.79 Å². The van der Waals surface area contributed by atoms with Gasteiger partial charge >= 0.3 is 12.0 Å². The van der Waals surface area contributed by atoms with E-state index in [1.54, 1.807) is 14.2 Å². The van der Waals surface area contributed by atoms with E-state index in [1.807, 2.05) is 12.1 Å². The molecule has 4 rings (SSSR count). The number of rotatable bonds is 9. The van der Waals surface area contributed by atoms with Crippen molar-refractivity contribution in [2.45, 2.75) is 56.1 Å². The number of hydrogen-bond donors (Lipinski definition) is 3. The minimum Gasteiger partial charge on any atom is -0.493 e. The average Bonchev–Trinajstić information content (AvgIpc) is 3.22. The molecule has 3 atom stereocenters. The van der Waals surface area contributed by atoms with Gasteiger partial charge in [-0.2, -0.15) is 0 Å². The van der Waals surface area contributed by atoms with Crippen LogP contribution in [0.1, 0.15) is 43.2 Å². The van der Waals surface area contributed by atoms with Gasteiger partial charge in [0, 0.05) is 30.6 Å². The molecule has 8 nitrogen and oxygen atoms in total. The fourth-order valence-electron chi connectivity index (χ4n) is 5.79. The number of methoxy groups -OCH3 is 2. The summed E-state index contributed by atoms with van der Waals surface area (Å²) in [7, 11) is 3.31. The molecule has 0 aromatic heterocycles. The Kier molecular flexibility index (Phi) is 7.80. The molecule has 2 amide bonds. The summed E-state index contributed by atoms with van der Waals surface area (Å²) in [5.41, 5.74) is 2.49. The van der Waals surface area contributed by atoms with E-state index in [9.17, 15) is 9.59 Å². The molecule has 1 heterocycles. The smallest absolute Gasteiger partial charge is 0.315 e. The van der Waals surface area contributed by atoms with Crippen LogP contribution in [0.2, 0.25) is 0 Å². The van der Waals surface area contributed by atoms with E-state index in [1.165, 1.54) is 11.1 Å². The van der Waals surface area contributed by atoms with Crippen molar-refractivity contribution in [3.05, 3.63) is 59.7 Å². The highest BCUT2D eigenvalue weighted by molar-refractivity contribution is 5.75. The standard InChI is InChI=1S/C27H35N3O5/c1-34-22-9-8-20(16-23(22)35-2)27-12-10-21(29-26(33)28-14-11-25(31)32)17-24(27)30(15-13-27)18-19-6-4-3-5-7-19/h3-9,16,21,24H,10-15,17-18H2,1-2H3,(H,31,32)(H2,28,29,33)/t21-,24+,27+/m1/s1. The first kappa shape index (κ1) is 24.9. The molecule has 1 saturated carbocycles. The number of benzene rings is 2. The highest BCUT2D eigenvalue weighted by Gasteiger charge is 2.51. The number of hydrogen-bond acceptors (Lipinski definition) is 5. The van der Waals surface area contributed by atoms with Gasteiger partial charge in [0.05, 0.1) is 20.6 Å². The molecule has 2 fully saturated rings. The van der Waals surface area contributed by atoms with Crippen LogP contribution in [0.4, 0.5) is 4.79 Å². The third-order valence-electron chi connectivity index (χ3n) is 7.52. The number of ether oxygens (including phenoxy) is 2. The van der Waals surface area contributed by atoms with E-state index in [-0.39, 0.29) is 36.5 Å². The number of urea groups is 1. The van der Waals surface area contributed by atoms with Gasteiger partial charge in [-0.1, -0.05) is 36.4 Å². The first-order chi connectivity index (χ1) is 16.9. The molecule has 1 aliphatic heterocycles. The molecule has 0 radical (unpaired) electrons. The number of likely N-dealkylation sites (tertiary alicyclic amines) is 1. The number of amides is 2. The lowest BCUT2D eigenvalue weighted by molar-refractivity contribution is -0.136. The molecule has 3 N–H and O–H groups in total. The largest absolute Gasteiger partial charge is 0.493 e. The van der Waals surface area contributed by atoms with Crippen molar-refractivity contribution in [2.75, 3.05) is 27.3 Å². The van der Waals surface area contributed by atoms with E-state index in [0.29, 0.717) is 0 Å². The fourth-order valence-corrected chi connectivity index (χ4v) is 5.79. The minimum absolute atomic E-state index is 0.0227. The molecule has 0 unspecified atom stereocenters. The maximum Gasteiger partial charge on any atom is 0.315 e. The van der Waals surface area contributed by atoms with Crippen LogP contribution in [0.5, 0.6) is 11.5 Å². The monoisotopic (exact) mass is 481 g/mol. The van der Waals surface area contributed by atoms with Gasteiger partial charge in [0.2, 0.25) is 0 Å². The van der Waals surface area contributed by atoms with Crippen LogP contribution in [0.25, 0.3) is 0 Å². The number of carboxylic acids is 1. The number of fused-ring (bicyclic) bond motifs is 1. The molecule has 1 aliphatic carbocycles. The predicted octanol–water partition coefficient (Wildman–Crippen LogP) is 3.54. The van der Waals surface area contributed by atoms with Crippen LogP contribution in [0, 0.1) is 0 Å². The van der Waals surface area contributed by atoms with Crippen LogP contribution in [0.15, 0.2) is 48.5 Å². The second-order valence-electron chi connectivity index (χ2n) is 9.46. The quantitative estimate of drug-likeness (QED) is 0.507. The lowest BCUT2D eigenvalue weighted by Gasteiger charge is -2.45. The molecule has 8 heteroatoms. The maximum absolute atomic E-state index is 12.4. The predicted molar refractivity (Wildman–Crippen MR) is 133 cm³/mol. The summed E-state index contributed by atoms with van der Waals surface area (Å²) in [6, 6.07) is 16.7. The summed E-state index contributed by atoms with van der Waals surface area (Å²) in [6.45, 7) is 1.95. The molecular formula is C27H35N3O5. The van der Waals surface area contributed by atoms with Crippen LogP contribution >= 0.6 is 0 Å². The number of carboxylic acid groups (broad SMARTS) is 1. The second kappa shape index (κ2) is 11.0. The Hall–Kier alpha value is -3.26. The summed E-state index contributed by atoms with van der Waals surface area (Å²) in [6.07, 6.45) is 3.58. The zero-order chi connectivity index (χ0) is 24.8. The molecule has 35 heavy (non-hydrogen) atoms. The van der Waals surface area contributed by atoms with Crippen molar-refractivity contribution >= 4 is 12.0 Å². The van der Waals surface area contributed by atoms with Gasteiger partial charge in [-0.05, 0) is 55.5 Å². The van der Waals surface area contributed by atoms with Crippen LogP contribution in [-0.2, 0) is 16.8 Å². The van der Waals surface area contributed by atoms with Gasteiger partial charge in [0.1, 0.15) is 0 Å². The zero-order valence-corrected chi connectivity index (χ0v) is 20.5. The maximum atomic E-state index is 12.4. The lowest BCUT2D eigenvalue weighted by Crippen LogP contribution is -2.53. The fraction of sp³-hybridized carbons (Fsp3) is 0.481. The van der Waals surface area contributed by atoms with Crippen LogP contribution in [0.3, 0.4) is 0 Å². The molecule has 2 aromatic rings. The van der Waals surface area contributed by atoms with E-state index in [0.717, 1.165) is 50.3 Å². The molecule has 0 spiro atoms. The van der Waals surface area contributed by atoms with Crippen LogP contribution < -0.4 is 20.1 Å². The van der Waals surface area contributed by atoms with E-state index in [4.69, 9.17) is 14.6 Å². The van der Waals surface area contributed by atoms with Crippen molar-refractivity contribution in [1.82, 2.24) is 15.5 Å². The molecule has 2 aliphatic rings. The lowest BCUT2D eigenvalue weighted by atomic mass is 9.65. The summed E-state index contributed by atoms with van der Waals surface area (Å²) < 4.78 is 11.1. The average molecular weight is 482 g/mol. The summed E-state index contributed by atoms with van der Waals surface area (Å²) in [5.74, 6) is 0.527. The van der Waals surface area contributed by atoms with Gasteiger partial charge in [0.25, 0.3) is 0 Å². The molecule has 188 valence electrons. The van der Waals surface area contributed by atoms with Crippen molar-refractivity contribution in [2.24, 2.45) is 0 Å². The molecule has 0 bridgehead atoms. The summed E-state index contributed by atoms with van der Waals surface area (Å²) >= 11 is 0. The van der Waals surface area contributed by atoms with Gasteiger partial charge in [-0.3, -0.25) is 9.69 Å². The van der Waals surface area contributed by atoms with Gasteiger partial charge in [0.15, 0.2) is 11.5 Å². The highest BCUT2D eigenvalue weighted by Crippen LogP contribution is 2.50. The molecule has 1 saturated heterocycles. The number of nitrogens with zero attached hydrogens (tertiary/aromatic N) is 1. The highest BCUT2D eigenvalue weighted by atomic mass is 16.5. The van der Waals surface area contributed by atoms with Gasteiger partial charge < -0.3 is 25.2 Å². The molecular weight excluding hydrogens is 446 g/mol. The van der Waals surface area contributed by atoms with E-state index < -0.39 is 5.97 Å². The number of nitrogens with one attached hydrogen (secondary N) is 2. The third-order valence-corrected chi connectivity index (χ3v) is 7.52. The van der Waals surface area contributed by atoms with Gasteiger partial charge in [-0.15, -0.1) is 0 Å². The Morgan fingerprint density at radius 3 is 2.57 bits per heavy atom. The first-order valence-electron chi connectivity index (χ1n) is 12.2. The zero-order valence-electron chi connectivity index (χ0n) is 20.5. The number of carbonyl (C=O) groups is 2. The number of aliphatic carboxylic acids is 1. The Morgan fingerprint density at radius 2 is 1.86 bits per heavy atom. The Bertz CT molecular complexity index is 1030. The van der Waals surface area contributed by atoms with E-state index in [2.05, 4.69) is 51.9 Å². The van der Waals surface area contributed by atoms with Crippen molar-refractivity contribution < 1.29 is 24.2 Å².